The summed E-state index contributed by atoms with van der Waals surface area (Å²) in [5.74, 6) is -0.283. The number of anilines is 1. The van der Waals surface area contributed by atoms with Crippen LogP contribution >= 0.6 is 22.6 Å². The highest BCUT2D eigenvalue weighted by atomic mass is 127. The smallest absolute Gasteiger partial charge is 0.255 e. The second-order valence-electron chi connectivity index (χ2n) is 3.83. The highest BCUT2D eigenvalue weighted by molar-refractivity contribution is 14.1. The highest BCUT2D eigenvalue weighted by Gasteiger charge is 2.07. The summed E-state index contributed by atoms with van der Waals surface area (Å²) >= 11 is 2.17. The maximum Gasteiger partial charge on any atom is 0.255 e. The lowest BCUT2D eigenvalue weighted by Gasteiger charge is -2.06. The zero-order valence-corrected chi connectivity index (χ0v) is 11.8. The number of nitrogens with one attached hydrogen (secondary N) is 1. The number of aryl methyl sites for hydroxylation is 1. The van der Waals surface area contributed by atoms with Crippen LogP contribution in [0.5, 0.6) is 0 Å². The molecule has 0 bridgehead atoms. The number of benzene rings is 1. The molecule has 5 heteroatoms. The van der Waals surface area contributed by atoms with E-state index in [9.17, 15) is 9.59 Å². The SMILES string of the molecule is Cn1ccc(C(=O)Nc2cccc(I)c2)cc1=O. The lowest BCUT2D eigenvalue weighted by atomic mass is 10.2. The molecule has 2 rings (SSSR count). The third-order valence-electron chi connectivity index (χ3n) is 2.45. The maximum absolute atomic E-state index is 11.9. The van der Waals surface area contributed by atoms with Gasteiger partial charge in [0.25, 0.3) is 11.5 Å². The number of halogens is 1. The van der Waals surface area contributed by atoms with Crippen molar-refractivity contribution >= 4 is 34.2 Å². The fourth-order valence-electron chi connectivity index (χ4n) is 1.46. The van der Waals surface area contributed by atoms with Crippen molar-refractivity contribution in [2.75, 3.05) is 5.32 Å². The third kappa shape index (κ3) is 2.98. The monoisotopic (exact) mass is 354 g/mol. The Hall–Kier alpha value is -1.63. The molecule has 0 aliphatic carbocycles. The molecule has 1 N–H and O–H groups in total. The zero-order chi connectivity index (χ0) is 13.1. The van der Waals surface area contributed by atoms with Crippen LogP contribution in [0.2, 0.25) is 0 Å². The normalized spacial score (nSPS) is 10.1. The predicted molar refractivity (Wildman–Crippen MR) is 78.8 cm³/mol. The second-order valence-corrected chi connectivity index (χ2v) is 5.07. The molecular weight excluding hydrogens is 343 g/mol. The van der Waals surface area contributed by atoms with E-state index >= 15 is 0 Å². The minimum Gasteiger partial charge on any atom is -0.322 e. The lowest BCUT2D eigenvalue weighted by Crippen LogP contribution is -2.19. The van der Waals surface area contributed by atoms with E-state index in [-0.39, 0.29) is 11.5 Å². The predicted octanol–water partition coefficient (Wildman–Crippen LogP) is 2.24. The van der Waals surface area contributed by atoms with Gasteiger partial charge in [-0.1, -0.05) is 6.07 Å². The Bertz CT molecular complexity index is 649. The van der Waals surface area contributed by atoms with E-state index in [4.69, 9.17) is 0 Å². The largest absolute Gasteiger partial charge is 0.322 e. The lowest BCUT2D eigenvalue weighted by molar-refractivity contribution is 0.102. The van der Waals surface area contributed by atoms with Gasteiger partial charge in [0, 0.05) is 34.1 Å². The minimum absolute atomic E-state index is 0.203. The Kier molecular flexibility index (Phi) is 3.81. The summed E-state index contributed by atoms with van der Waals surface area (Å²) in [7, 11) is 1.64. The van der Waals surface area contributed by atoms with Crippen molar-refractivity contribution in [2.24, 2.45) is 7.05 Å². The molecule has 1 amide bonds. The van der Waals surface area contributed by atoms with Gasteiger partial charge < -0.3 is 9.88 Å². The molecular formula is C13H11IN2O2. The first-order valence-electron chi connectivity index (χ1n) is 5.30. The van der Waals surface area contributed by atoms with E-state index in [0.29, 0.717) is 11.3 Å². The van der Waals surface area contributed by atoms with E-state index in [0.717, 1.165) is 3.57 Å². The summed E-state index contributed by atoms with van der Waals surface area (Å²) in [6.07, 6.45) is 1.58. The van der Waals surface area contributed by atoms with Gasteiger partial charge in [-0.15, -0.1) is 0 Å². The maximum atomic E-state index is 11.9. The Morgan fingerprint density at radius 1 is 1.28 bits per heavy atom. The molecule has 0 atom stereocenters. The van der Waals surface area contributed by atoms with Crippen molar-refractivity contribution < 1.29 is 4.79 Å². The number of rotatable bonds is 2. The summed E-state index contributed by atoms with van der Waals surface area (Å²) < 4.78 is 2.46. The van der Waals surface area contributed by atoms with E-state index in [1.807, 2.05) is 18.2 Å². The molecule has 4 nitrogen and oxygen atoms in total. The Morgan fingerprint density at radius 3 is 2.72 bits per heavy atom. The summed E-state index contributed by atoms with van der Waals surface area (Å²) in [5, 5.41) is 2.75. The molecule has 0 fully saturated rings. The molecule has 0 radical (unpaired) electrons. The number of hydrogen-bond acceptors (Lipinski definition) is 2. The molecule has 92 valence electrons. The Morgan fingerprint density at radius 2 is 2.06 bits per heavy atom. The van der Waals surface area contributed by atoms with Gasteiger partial charge in [0.05, 0.1) is 0 Å². The van der Waals surface area contributed by atoms with Crippen LogP contribution in [0.1, 0.15) is 10.4 Å². The van der Waals surface area contributed by atoms with E-state index in [1.165, 1.54) is 10.6 Å². The minimum atomic E-state index is -0.283. The molecule has 1 aromatic heterocycles. The topological polar surface area (TPSA) is 51.1 Å². The van der Waals surface area contributed by atoms with Gasteiger partial charge in [-0.25, -0.2) is 0 Å². The van der Waals surface area contributed by atoms with Crippen LogP contribution in [0.4, 0.5) is 5.69 Å². The van der Waals surface area contributed by atoms with Gasteiger partial charge in [-0.2, -0.15) is 0 Å². The number of carbonyl (C=O) groups excluding carboxylic acids is 1. The van der Waals surface area contributed by atoms with Crippen molar-refractivity contribution in [3.8, 4) is 0 Å². The molecule has 1 heterocycles. The molecule has 2 aromatic rings. The van der Waals surface area contributed by atoms with Crippen LogP contribution in [0.25, 0.3) is 0 Å². The van der Waals surface area contributed by atoms with Gasteiger partial charge in [0.2, 0.25) is 0 Å². The van der Waals surface area contributed by atoms with Gasteiger partial charge in [-0.05, 0) is 46.9 Å². The van der Waals surface area contributed by atoms with Crippen molar-refractivity contribution in [1.29, 1.82) is 0 Å². The average Bonchev–Trinajstić information content (AvgIpc) is 2.32. The molecule has 1 aromatic carbocycles. The molecule has 0 aliphatic rings. The Labute approximate surface area is 118 Å². The molecule has 0 unspecified atom stereocenters. The number of pyridine rings is 1. The Balaban J connectivity index is 2.22. The van der Waals surface area contributed by atoms with E-state index in [1.54, 1.807) is 25.4 Å². The summed E-state index contributed by atoms with van der Waals surface area (Å²) in [6.45, 7) is 0. The fraction of sp³-hybridized carbons (Fsp3) is 0.0769. The van der Waals surface area contributed by atoms with Gasteiger partial charge in [0.15, 0.2) is 0 Å². The quantitative estimate of drug-likeness (QED) is 0.841. The first-order chi connectivity index (χ1) is 8.56. The summed E-state index contributed by atoms with van der Waals surface area (Å²) in [4.78, 5) is 23.4. The van der Waals surface area contributed by atoms with Crippen LogP contribution in [0.15, 0.2) is 47.4 Å². The molecule has 0 saturated carbocycles. The zero-order valence-electron chi connectivity index (χ0n) is 9.68. The van der Waals surface area contributed by atoms with Crippen LogP contribution in [0, 0.1) is 3.57 Å². The molecule has 0 spiro atoms. The molecule has 0 aliphatic heterocycles. The van der Waals surface area contributed by atoms with Crippen molar-refractivity contribution in [3.05, 3.63) is 62.1 Å². The van der Waals surface area contributed by atoms with Gasteiger partial charge in [-0.3, -0.25) is 9.59 Å². The van der Waals surface area contributed by atoms with E-state index < -0.39 is 0 Å². The van der Waals surface area contributed by atoms with Crippen LogP contribution in [-0.2, 0) is 7.05 Å². The number of amides is 1. The van der Waals surface area contributed by atoms with Gasteiger partial charge >= 0.3 is 0 Å². The first-order valence-corrected chi connectivity index (χ1v) is 6.38. The first kappa shape index (κ1) is 12.8. The molecule has 0 saturated heterocycles. The number of aromatic nitrogens is 1. The third-order valence-corrected chi connectivity index (χ3v) is 3.12. The van der Waals surface area contributed by atoms with Crippen molar-refractivity contribution in [1.82, 2.24) is 4.57 Å². The second kappa shape index (κ2) is 5.34. The number of hydrogen-bond donors (Lipinski definition) is 1. The van der Waals surface area contributed by atoms with Gasteiger partial charge in [0.1, 0.15) is 0 Å². The number of nitrogens with zero attached hydrogens (tertiary/aromatic N) is 1. The summed E-state index contributed by atoms with van der Waals surface area (Å²) in [6, 6.07) is 10.4. The highest BCUT2D eigenvalue weighted by Crippen LogP contribution is 2.13. The van der Waals surface area contributed by atoms with Crippen LogP contribution in [-0.4, -0.2) is 10.5 Å². The van der Waals surface area contributed by atoms with Crippen LogP contribution < -0.4 is 10.9 Å². The fourth-order valence-corrected chi connectivity index (χ4v) is 2.00. The number of carbonyl (C=O) groups is 1. The molecule has 18 heavy (non-hydrogen) atoms. The van der Waals surface area contributed by atoms with E-state index in [2.05, 4.69) is 27.9 Å². The summed E-state index contributed by atoms with van der Waals surface area (Å²) in [5.41, 5.74) is 0.870. The van der Waals surface area contributed by atoms with Crippen molar-refractivity contribution in [3.63, 3.8) is 0 Å². The van der Waals surface area contributed by atoms with Crippen LogP contribution in [0.3, 0.4) is 0 Å². The standard InChI is InChI=1S/C13H11IN2O2/c1-16-6-5-9(7-12(16)17)13(18)15-11-4-2-3-10(14)8-11/h2-8H,1H3,(H,15,18). The average molecular weight is 354 g/mol. The van der Waals surface area contributed by atoms with Crippen molar-refractivity contribution in [2.45, 2.75) is 0 Å².